The van der Waals surface area contributed by atoms with Gasteiger partial charge >= 0.3 is 0 Å². The van der Waals surface area contributed by atoms with Gasteiger partial charge in [0, 0.05) is 5.54 Å². The minimum atomic E-state index is 0. The third-order valence-corrected chi connectivity index (χ3v) is 6.73. The maximum absolute atomic E-state index is 6.93. The predicted molar refractivity (Wildman–Crippen MR) is 79.4 cm³/mol. The van der Waals surface area contributed by atoms with Gasteiger partial charge in [0.05, 0.1) is 0 Å². The lowest BCUT2D eigenvalue weighted by Crippen LogP contribution is -2.61. The molecule has 0 amide bonds. The third-order valence-electron chi connectivity index (χ3n) is 6.73. The van der Waals surface area contributed by atoms with Crippen LogP contribution in [0.1, 0.15) is 72.6 Å². The van der Waals surface area contributed by atoms with E-state index in [0.29, 0.717) is 0 Å². The molecule has 2 N–H and O–H groups in total. The van der Waals surface area contributed by atoms with Crippen LogP contribution in [0.2, 0.25) is 0 Å². The molecular formula is C17H33N. The molecule has 106 valence electrons. The van der Waals surface area contributed by atoms with E-state index in [9.17, 15) is 0 Å². The van der Waals surface area contributed by atoms with Gasteiger partial charge in [-0.2, -0.15) is 0 Å². The molecule has 0 aromatic carbocycles. The van der Waals surface area contributed by atoms with Crippen molar-refractivity contribution in [2.24, 2.45) is 35.3 Å². The van der Waals surface area contributed by atoms with Crippen LogP contribution in [0.4, 0.5) is 0 Å². The first kappa shape index (κ1) is 14.4. The molecule has 1 nitrogen and oxygen atoms in total. The normalized spacial score (nSPS) is 51.8. The summed E-state index contributed by atoms with van der Waals surface area (Å²) in [5.74, 6) is 4.50. The maximum atomic E-state index is 6.93. The minimum absolute atomic E-state index is 0. The SMILES string of the molecule is C.CC1CCC2C(CCC3CCCCC32N)C1C. The average molecular weight is 251 g/mol. The van der Waals surface area contributed by atoms with Gasteiger partial charge in [-0.1, -0.05) is 40.5 Å². The Bertz CT molecular complexity index is 287. The summed E-state index contributed by atoms with van der Waals surface area (Å²) in [5, 5.41) is 0. The number of rotatable bonds is 0. The fraction of sp³-hybridized carbons (Fsp3) is 1.00. The second-order valence-electron chi connectivity index (χ2n) is 7.32. The molecule has 0 bridgehead atoms. The summed E-state index contributed by atoms with van der Waals surface area (Å²) in [7, 11) is 0. The zero-order valence-corrected chi connectivity index (χ0v) is 11.6. The summed E-state index contributed by atoms with van der Waals surface area (Å²) in [6.07, 6.45) is 11.3. The lowest BCUT2D eigenvalue weighted by molar-refractivity contribution is -0.0379. The van der Waals surface area contributed by atoms with Gasteiger partial charge in [-0.15, -0.1) is 0 Å². The van der Waals surface area contributed by atoms with Crippen molar-refractivity contribution in [1.29, 1.82) is 0 Å². The van der Waals surface area contributed by atoms with Crippen LogP contribution in [0.25, 0.3) is 0 Å². The Labute approximate surface area is 114 Å². The lowest BCUT2D eigenvalue weighted by Gasteiger charge is -2.57. The molecule has 0 aliphatic heterocycles. The standard InChI is InChI=1S/C16H29N.CH4/c1-11-6-9-15-14(12(11)2)8-7-13-5-3-4-10-16(13,15)17;/h11-15H,3-10,17H2,1-2H3;1H4. The summed E-state index contributed by atoms with van der Waals surface area (Å²) in [5.41, 5.74) is 7.16. The number of hydrogen-bond donors (Lipinski definition) is 1. The topological polar surface area (TPSA) is 26.0 Å². The van der Waals surface area contributed by atoms with Crippen LogP contribution < -0.4 is 5.73 Å². The Balaban J connectivity index is 0.00000120. The quantitative estimate of drug-likeness (QED) is 0.669. The van der Waals surface area contributed by atoms with E-state index in [4.69, 9.17) is 5.73 Å². The molecule has 0 aromatic heterocycles. The average Bonchev–Trinajstić information content (AvgIpc) is 2.33. The molecule has 3 saturated carbocycles. The summed E-state index contributed by atoms with van der Waals surface area (Å²) in [6.45, 7) is 4.95. The number of fused-ring (bicyclic) bond motifs is 3. The Hall–Kier alpha value is -0.0400. The van der Waals surface area contributed by atoms with Gasteiger partial charge in [0.15, 0.2) is 0 Å². The highest BCUT2D eigenvalue weighted by Crippen LogP contribution is 2.55. The first-order chi connectivity index (χ1) is 8.13. The van der Waals surface area contributed by atoms with Crippen molar-refractivity contribution in [3.05, 3.63) is 0 Å². The van der Waals surface area contributed by atoms with Crippen LogP contribution in [0.3, 0.4) is 0 Å². The first-order valence-electron chi connectivity index (χ1n) is 7.92. The van der Waals surface area contributed by atoms with E-state index in [0.717, 1.165) is 29.6 Å². The summed E-state index contributed by atoms with van der Waals surface area (Å²) in [4.78, 5) is 0. The lowest BCUT2D eigenvalue weighted by atomic mass is 9.50. The molecule has 3 rings (SSSR count). The largest absolute Gasteiger partial charge is 0.325 e. The zero-order valence-electron chi connectivity index (χ0n) is 11.6. The van der Waals surface area contributed by atoms with E-state index >= 15 is 0 Å². The van der Waals surface area contributed by atoms with Gasteiger partial charge in [-0.25, -0.2) is 0 Å². The van der Waals surface area contributed by atoms with E-state index in [1.165, 1.54) is 51.4 Å². The Morgan fingerprint density at radius 3 is 2.50 bits per heavy atom. The molecule has 0 spiro atoms. The molecule has 3 aliphatic carbocycles. The van der Waals surface area contributed by atoms with Crippen LogP contribution >= 0.6 is 0 Å². The van der Waals surface area contributed by atoms with Crippen LogP contribution in [0.5, 0.6) is 0 Å². The maximum Gasteiger partial charge on any atom is 0.0214 e. The van der Waals surface area contributed by atoms with Gasteiger partial charge < -0.3 is 5.73 Å². The van der Waals surface area contributed by atoms with Crippen molar-refractivity contribution in [3.8, 4) is 0 Å². The van der Waals surface area contributed by atoms with Gasteiger partial charge in [0.2, 0.25) is 0 Å². The van der Waals surface area contributed by atoms with E-state index in [2.05, 4.69) is 13.8 Å². The van der Waals surface area contributed by atoms with Crippen molar-refractivity contribution in [1.82, 2.24) is 0 Å². The van der Waals surface area contributed by atoms with Crippen molar-refractivity contribution < 1.29 is 0 Å². The van der Waals surface area contributed by atoms with Crippen molar-refractivity contribution in [2.75, 3.05) is 0 Å². The van der Waals surface area contributed by atoms with E-state index in [-0.39, 0.29) is 13.0 Å². The number of nitrogens with two attached hydrogens (primary N) is 1. The molecule has 3 aliphatic rings. The van der Waals surface area contributed by atoms with Gasteiger partial charge in [-0.3, -0.25) is 0 Å². The highest BCUT2D eigenvalue weighted by atomic mass is 14.8. The molecule has 1 heteroatoms. The molecule has 0 heterocycles. The van der Waals surface area contributed by atoms with E-state index < -0.39 is 0 Å². The van der Waals surface area contributed by atoms with Crippen LogP contribution in [0.15, 0.2) is 0 Å². The number of hydrogen-bond acceptors (Lipinski definition) is 1. The highest BCUT2D eigenvalue weighted by Gasteiger charge is 2.52. The predicted octanol–water partition coefficient (Wildman–Crippen LogP) is 4.60. The zero-order chi connectivity index (χ0) is 12.0. The van der Waals surface area contributed by atoms with E-state index in [1.807, 2.05) is 0 Å². The van der Waals surface area contributed by atoms with E-state index in [1.54, 1.807) is 0 Å². The van der Waals surface area contributed by atoms with Crippen LogP contribution in [-0.2, 0) is 0 Å². The second-order valence-corrected chi connectivity index (χ2v) is 7.32. The minimum Gasteiger partial charge on any atom is -0.325 e. The monoisotopic (exact) mass is 251 g/mol. The van der Waals surface area contributed by atoms with Crippen molar-refractivity contribution in [2.45, 2.75) is 78.2 Å². The highest BCUT2D eigenvalue weighted by molar-refractivity contribution is 5.07. The Kier molecular flexibility index (Phi) is 4.11. The molecule has 6 atom stereocenters. The second kappa shape index (κ2) is 5.15. The molecule has 6 unspecified atom stereocenters. The molecule has 0 saturated heterocycles. The molecule has 3 fully saturated rings. The fourth-order valence-corrected chi connectivity index (χ4v) is 5.43. The summed E-state index contributed by atoms with van der Waals surface area (Å²) < 4.78 is 0. The Morgan fingerprint density at radius 1 is 0.944 bits per heavy atom. The molecule has 0 radical (unpaired) electrons. The third kappa shape index (κ3) is 2.03. The molecular weight excluding hydrogens is 218 g/mol. The van der Waals surface area contributed by atoms with Gasteiger partial charge in [-0.05, 0) is 61.7 Å². The van der Waals surface area contributed by atoms with Gasteiger partial charge in [0.25, 0.3) is 0 Å². The smallest absolute Gasteiger partial charge is 0.0214 e. The Morgan fingerprint density at radius 2 is 1.72 bits per heavy atom. The molecule has 18 heavy (non-hydrogen) atoms. The van der Waals surface area contributed by atoms with Crippen LogP contribution in [-0.4, -0.2) is 5.54 Å². The summed E-state index contributed by atoms with van der Waals surface area (Å²) >= 11 is 0. The van der Waals surface area contributed by atoms with Crippen LogP contribution in [0, 0.1) is 29.6 Å². The molecule has 0 aromatic rings. The van der Waals surface area contributed by atoms with Crippen molar-refractivity contribution >= 4 is 0 Å². The first-order valence-corrected chi connectivity index (χ1v) is 7.92. The van der Waals surface area contributed by atoms with Crippen molar-refractivity contribution in [3.63, 3.8) is 0 Å². The summed E-state index contributed by atoms with van der Waals surface area (Å²) in [6, 6.07) is 0. The fourth-order valence-electron chi connectivity index (χ4n) is 5.43. The van der Waals surface area contributed by atoms with Gasteiger partial charge in [0.1, 0.15) is 0 Å².